The van der Waals surface area contributed by atoms with E-state index in [1.165, 1.54) is 11.3 Å². The summed E-state index contributed by atoms with van der Waals surface area (Å²) in [6.45, 7) is 4.50. The third-order valence-electron chi connectivity index (χ3n) is 3.51. The van der Waals surface area contributed by atoms with Crippen LogP contribution in [0, 0.1) is 13.8 Å². The molecular formula is C20H19NO2S. The molecule has 122 valence electrons. The Bertz CT molecular complexity index is 820. The molecule has 0 aliphatic heterocycles. The van der Waals surface area contributed by atoms with Gasteiger partial charge in [-0.05, 0) is 60.7 Å². The Morgan fingerprint density at radius 3 is 2.46 bits per heavy atom. The van der Waals surface area contributed by atoms with E-state index in [1.807, 2.05) is 67.8 Å². The van der Waals surface area contributed by atoms with Gasteiger partial charge in [-0.1, -0.05) is 24.3 Å². The average molecular weight is 337 g/mol. The van der Waals surface area contributed by atoms with Gasteiger partial charge in [0.25, 0.3) is 5.91 Å². The number of anilines is 1. The zero-order valence-electron chi connectivity index (χ0n) is 13.7. The van der Waals surface area contributed by atoms with Crippen LogP contribution in [0.25, 0.3) is 0 Å². The molecule has 3 nitrogen and oxygen atoms in total. The first kappa shape index (κ1) is 16.3. The summed E-state index contributed by atoms with van der Waals surface area (Å²) in [4.78, 5) is 13.1. The number of amides is 1. The Morgan fingerprint density at radius 1 is 1.04 bits per heavy atom. The van der Waals surface area contributed by atoms with Gasteiger partial charge < -0.3 is 10.1 Å². The van der Waals surface area contributed by atoms with Gasteiger partial charge in [0.05, 0.1) is 4.88 Å². The van der Waals surface area contributed by atoms with Crippen molar-refractivity contribution in [2.45, 2.75) is 20.5 Å². The second kappa shape index (κ2) is 7.32. The highest BCUT2D eigenvalue weighted by atomic mass is 32.1. The smallest absolute Gasteiger partial charge is 0.265 e. The van der Waals surface area contributed by atoms with Crippen LogP contribution in [0.2, 0.25) is 0 Å². The fourth-order valence-electron chi connectivity index (χ4n) is 2.49. The van der Waals surface area contributed by atoms with Gasteiger partial charge in [0.2, 0.25) is 0 Å². The Balaban J connectivity index is 1.63. The normalized spacial score (nSPS) is 10.4. The second-order valence-corrected chi connectivity index (χ2v) is 6.66. The lowest BCUT2D eigenvalue weighted by Gasteiger charge is -2.06. The lowest BCUT2D eigenvalue weighted by atomic mass is 10.1. The monoisotopic (exact) mass is 337 g/mol. The summed E-state index contributed by atoms with van der Waals surface area (Å²) in [5.41, 5.74) is 4.09. The molecule has 0 saturated carbocycles. The summed E-state index contributed by atoms with van der Waals surface area (Å²) in [6, 6.07) is 17.6. The lowest BCUT2D eigenvalue weighted by Crippen LogP contribution is -2.10. The number of para-hydroxylation sites is 1. The highest BCUT2D eigenvalue weighted by Crippen LogP contribution is 2.20. The molecule has 0 radical (unpaired) electrons. The minimum absolute atomic E-state index is 0.0871. The maximum atomic E-state index is 12.4. The molecule has 0 unspecified atom stereocenters. The van der Waals surface area contributed by atoms with Gasteiger partial charge in [-0.2, -0.15) is 0 Å². The molecular weight excluding hydrogens is 318 g/mol. The summed E-state index contributed by atoms with van der Waals surface area (Å²) in [7, 11) is 0. The first-order valence-corrected chi connectivity index (χ1v) is 8.63. The van der Waals surface area contributed by atoms with Gasteiger partial charge >= 0.3 is 0 Å². The number of rotatable bonds is 5. The van der Waals surface area contributed by atoms with E-state index < -0.39 is 0 Å². The molecule has 0 aliphatic rings. The Hall–Kier alpha value is -2.59. The number of hydrogen-bond donors (Lipinski definition) is 1. The van der Waals surface area contributed by atoms with Crippen LogP contribution in [-0.2, 0) is 6.61 Å². The van der Waals surface area contributed by atoms with Crippen LogP contribution in [0.1, 0.15) is 26.4 Å². The minimum atomic E-state index is -0.0871. The van der Waals surface area contributed by atoms with Crippen molar-refractivity contribution in [3.05, 3.63) is 81.5 Å². The SMILES string of the molecule is Cc1cc(C)cc(NC(=O)c2cc(COc3ccccc3)cs2)c1. The standard InChI is InChI=1S/C20H19NO2S/c1-14-8-15(2)10-17(9-14)21-20(22)19-11-16(13-24-19)12-23-18-6-4-3-5-7-18/h3-11,13H,12H2,1-2H3,(H,21,22). The summed E-state index contributed by atoms with van der Waals surface area (Å²) in [5, 5.41) is 4.92. The van der Waals surface area contributed by atoms with E-state index in [4.69, 9.17) is 4.74 Å². The summed E-state index contributed by atoms with van der Waals surface area (Å²) in [5.74, 6) is 0.737. The summed E-state index contributed by atoms with van der Waals surface area (Å²) in [6.07, 6.45) is 0. The molecule has 1 amide bonds. The number of carbonyl (C=O) groups excluding carboxylic acids is 1. The quantitative estimate of drug-likeness (QED) is 0.695. The van der Waals surface area contributed by atoms with Crippen LogP contribution in [-0.4, -0.2) is 5.91 Å². The van der Waals surface area contributed by atoms with Crippen LogP contribution in [0.5, 0.6) is 5.75 Å². The number of ether oxygens (including phenoxy) is 1. The van der Waals surface area contributed by atoms with Gasteiger partial charge in [-0.25, -0.2) is 0 Å². The maximum Gasteiger partial charge on any atom is 0.265 e. The molecule has 0 aliphatic carbocycles. The van der Waals surface area contributed by atoms with Crippen LogP contribution >= 0.6 is 11.3 Å². The van der Waals surface area contributed by atoms with Crippen LogP contribution in [0.3, 0.4) is 0 Å². The number of carbonyl (C=O) groups is 1. The summed E-state index contributed by atoms with van der Waals surface area (Å²) < 4.78 is 5.71. The third-order valence-corrected chi connectivity index (χ3v) is 4.48. The molecule has 1 aromatic heterocycles. The number of hydrogen-bond acceptors (Lipinski definition) is 3. The molecule has 3 rings (SSSR count). The molecule has 0 saturated heterocycles. The first-order chi connectivity index (χ1) is 11.6. The Labute approximate surface area is 145 Å². The molecule has 24 heavy (non-hydrogen) atoms. The van der Waals surface area contributed by atoms with Gasteiger partial charge in [-0.3, -0.25) is 4.79 Å². The fourth-order valence-corrected chi connectivity index (χ4v) is 3.29. The lowest BCUT2D eigenvalue weighted by molar-refractivity contribution is 0.103. The molecule has 0 bridgehead atoms. The van der Waals surface area contributed by atoms with E-state index in [0.29, 0.717) is 11.5 Å². The first-order valence-electron chi connectivity index (χ1n) is 7.75. The van der Waals surface area contributed by atoms with Gasteiger partial charge in [0.15, 0.2) is 0 Å². The Morgan fingerprint density at radius 2 is 1.75 bits per heavy atom. The van der Waals surface area contributed by atoms with Crippen molar-refractivity contribution in [3.8, 4) is 5.75 Å². The predicted octanol–water partition coefficient (Wildman–Crippen LogP) is 5.20. The molecule has 1 N–H and O–H groups in total. The number of aryl methyl sites for hydroxylation is 2. The van der Waals surface area contributed by atoms with Crippen molar-refractivity contribution >= 4 is 22.9 Å². The largest absolute Gasteiger partial charge is 0.489 e. The minimum Gasteiger partial charge on any atom is -0.489 e. The van der Waals surface area contributed by atoms with Gasteiger partial charge in [0.1, 0.15) is 12.4 Å². The van der Waals surface area contributed by atoms with Crippen LogP contribution in [0.4, 0.5) is 5.69 Å². The van der Waals surface area contributed by atoms with Gasteiger partial charge in [-0.15, -0.1) is 11.3 Å². The highest BCUT2D eigenvalue weighted by molar-refractivity contribution is 7.12. The molecule has 0 atom stereocenters. The Kier molecular flexibility index (Phi) is 4.96. The third kappa shape index (κ3) is 4.24. The van der Waals surface area contributed by atoms with Crippen molar-refractivity contribution in [2.75, 3.05) is 5.32 Å². The average Bonchev–Trinajstić information content (AvgIpc) is 3.02. The van der Waals surface area contributed by atoms with Crippen molar-refractivity contribution in [1.82, 2.24) is 0 Å². The fraction of sp³-hybridized carbons (Fsp3) is 0.150. The molecule has 0 spiro atoms. The van der Waals surface area contributed by atoms with Crippen LogP contribution < -0.4 is 10.1 Å². The van der Waals surface area contributed by atoms with Crippen molar-refractivity contribution in [2.24, 2.45) is 0 Å². The van der Waals surface area contributed by atoms with Crippen molar-refractivity contribution in [1.29, 1.82) is 0 Å². The van der Waals surface area contributed by atoms with E-state index in [9.17, 15) is 4.79 Å². The second-order valence-electron chi connectivity index (χ2n) is 5.75. The number of benzene rings is 2. The molecule has 2 aromatic carbocycles. The zero-order valence-corrected chi connectivity index (χ0v) is 14.5. The van der Waals surface area contributed by atoms with Gasteiger partial charge in [0, 0.05) is 11.3 Å². The van der Waals surface area contributed by atoms with Crippen molar-refractivity contribution in [3.63, 3.8) is 0 Å². The topological polar surface area (TPSA) is 38.3 Å². The van der Waals surface area contributed by atoms with E-state index in [1.54, 1.807) is 0 Å². The van der Waals surface area contributed by atoms with E-state index in [-0.39, 0.29) is 5.91 Å². The maximum absolute atomic E-state index is 12.4. The zero-order chi connectivity index (χ0) is 16.9. The number of nitrogens with one attached hydrogen (secondary N) is 1. The van der Waals surface area contributed by atoms with Crippen molar-refractivity contribution < 1.29 is 9.53 Å². The van der Waals surface area contributed by atoms with Crippen LogP contribution in [0.15, 0.2) is 60.0 Å². The molecule has 3 aromatic rings. The van der Waals surface area contributed by atoms with E-state index >= 15 is 0 Å². The summed E-state index contributed by atoms with van der Waals surface area (Å²) >= 11 is 1.43. The van der Waals surface area contributed by atoms with E-state index in [2.05, 4.69) is 11.4 Å². The molecule has 4 heteroatoms. The highest BCUT2D eigenvalue weighted by Gasteiger charge is 2.10. The molecule has 0 fully saturated rings. The van der Waals surface area contributed by atoms with E-state index in [0.717, 1.165) is 28.1 Å². The predicted molar refractivity (Wildman–Crippen MR) is 99.0 cm³/mol. The molecule has 1 heterocycles. The number of thiophene rings is 1.